The molecule has 0 aromatic carbocycles. The Kier molecular flexibility index (Phi) is 5.99. The van der Waals surface area contributed by atoms with Crippen molar-refractivity contribution in [3.63, 3.8) is 0 Å². The fourth-order valence-corrected chi connectivity index (χ4v) is 2.93. The van der Waals surface area contributed by atoms with Crippen LogP contribution in [0.25, 0.3) is 0 Å². The smallest absolute Gasteiger partial charge is 0.0602 e. The van der Waals surface area contributed by atoms with Crippen LogP contribution in [-0.4, -0.2) is 61.7 Å². The Morgan fingerprint density at radius 2 is 1.94 bits per heavy atom. The van der Waals surface area contributed by atoms with Gasteiger partial charge < -0.3 is 5.32 Å². The number of hydrogen-bond donors (Lipinski definition) is 1. The highest BCUT2D eigenvalue weighted by molar-refractivity contribution is 5.04. The molecule has 0 amide bonds. The first-order valence-corrected chi connectivity index (χ1v) is 7.53. The van der Waals surface area contributed by atoms with Crippen molar-refractivity contribution in [3.05, 3.63) is 0 Å². The van der Waals surface area contributed by atoms with Crippen molar-refractivity contribution in [2.24, 2.45) is 0 Å². The van der Waals surface area contributed by atoms with Crippen molar-refractivity contribution >= 4 is 0 Å². The van der Waals surface area contributed by atoms with E-state index in [1.165, 1.54) is 32.4 Å². The Morgan fingerprint density at radius 1 is 1.11 bits per heavy atom. The first kappa shape index (κ1) is 13.9. The zero-order valence-electron chi connectivity index (χ0n) is 11.7. The summed E-state index contributed by atoms with van der Waals surface area (Å²) in [5.41, 5.74) is 0. The maximum Gasteiger partial charge on any atom is 0.0602 e. The van der Waals surface area contributed by atoms with Gasteiger partial charge in [0.25, 0.3) is 0 Å². The van der Waals surface area contributed by atoms with Crippen LogP contribution in [0.4, 0.5) is 0 Å². The molecule has 1 unspecified atom stereocenters. The summed E-state index contributed by atoms with van der Waals surface area (Å²) in [4.78, 5) is 5.05. The quantitative estimate of drug-likeness (QED) is 0.757. The fourth-order valence-electron chi connectivity index (χ4n) is 2.93. The predicted octanol–water partition coefficient (Wildman–Crippen LogP) is 1.16. The number of rotatable bonds is 3. The van der Waals surface area contributed by atoms with Gasteiger partial charge >= 0.3 is 0 Å². The minimum absolute atomic E-state index is 0.722. The zero-order chi connectivity index (χ0) is 12.6. The molecule has 2 aliphatic heterocycles. The summed E-state index contributed by atoms with van der Waals surface area (Å²) >= 11 is 0. The van der Waals surface area contributed by atoms with E-state index in [0.717, 1.165) is 45.2 Å². The highest BCUT2D eigenvalue weighted by Gasteiger charge is 2.19. The van der Waals surface area contributed by atoms with Crippen LogP contribution in [-0.2, 0) is 0 Å². The lowest BCUT2D eigenvalue weighted by Crippen LogP contribution is -2.43. The molecule has 2 saturated heterocycles. The second kappa shape index (κ2) is 7.78. The van der Waals surface area contributed by atoms with E-state index in [1.54, 1.807) is 0 Å². The molecule has 2 aliphatic rings. The second-order valence-electron chi connectivity index (χ2n) is 5.36. The third-order valence-corrected chi connectivity index (χ3v) is 4.13. The molecule has 102 valence electrons. The molecular formula is C15H27N3. The molecule has 0 bridgehead atoms. The molecule has 18 heavy (non-hydrogen) atoms. The van der Waals surface area contributed by atoms with Crippen molar-refractivity contribution in [2.75, 3.05) is 45.8 Å². The fraction of sp³-hybridized carbons (Fsp3) is 0.867. The van der Waals surface area contributed by atoms with Crippen molar-refractivity contribution in [1.82, 2.24) is 15.1 Å². The van der Waals surface area contributed by atoms with E-state index in [4.69, 9.17) is 0 Å². The molecule has 0 saturated carbocycles. The summed E-state index contributed by atoms with van der Waals surface area (Å²) in [5.74, 6) is 6.78. The SMILES string of the molecule is CCN1CCCCC1CC#CCN1CCNCC1. The third kappa shape index (κ3) is 4.28. The van der Waals surface area contributed by atoms with Gasteiger partial charge in [-0.25, -0.2) is 0 Å². The van der Waals surface area contributed by atoms with Crippen molar-refractivity contribution in [2.45, 2.75) is 38.6 Å². The lowest BCUT2D eigenvalue weighted by atomic mass is 10.00. The van der Waals surface area contributed by atoms with Gasteiger partial charge in [-0.15, -0.1) is 5.92 Å². The molecule has 1 N–H and O–H groups in total. The summed E-state index contributed by atoms with van der Waals surface area (Å²) in [6, 6.07) is 0.722. The van der Waals surface area contributed by atoms with Crippen LogP contribution in [0.5, 0.6) is 0 Å². The molecule has 0 aromatic rings. The van der Waals surface area contributed by atoms with Crippen LogP contribution in [0.15, 0.2) is 0 Å². The minimum atomic E-state index is 0.722. The van der Waals surface area contributed by atoms with Crippen molar-refractivity contribution < 1.29 is 0 Å². The van der Waals surface area contributed by atoms with Gasteiger partial charge in [0.1, 0.15) is 0 Å². The number of nitrogens with one attached hydrogen (secondary N) is 1. The van der Waals surface area contributed by atoms with E-state index in [-0.39, 0.29) is 0 Å². The Labute approximate surface area is 112 Å². The summed E-state index contributed by atoms with van der Waals surface area (Å²) in [6.07, 6.45) is 5.18. The topological polar surface area (TPSA) is 18.5 Å². The lowest BCUT2D eigenvalue weighted by Gasteiger charge is -2.33. The molecule has 3 heteroatoms. The predicted molar refractivity (Wildman–Crippen MR) is 76.6 cm³/mol. The van der Waals surface area contributed by atoms with Crippen LogP contribution < -0.4 is 5.32 Å². The first-order chi connectivity index (χ1) is 8.90. The van der Waals surface area contributed by atoms with Crippen LogP contribution in [0.1, 0.15) is 32.6 Å². The van der Waals surface area contributed by atoms with Crippen LogP contribution in [0.2, 0.25) is 0 Å². The Balaban J connectivity index is 1.69. The lowest BCUT2D eigenvalue weighted by molar-refractivity contribution is 0.159. The summed E-state index contributed by atoms with van der Waals surface area (Å²) in [6.45, 7) is 10.2. The normalized spacial score (nSPS) is 26.6. The minimum Gasteiger partial charge on any atom is -0.314 e. The molecule has 2 heterocycles. The van der Waals surface area contributed by atoms with Gasteiger partial charge in [-0.1, -0.05) is 19.3 Å². The second-order valence-corrected chi connectivity index (χ2v) is 5.36. The molecule has 1 atom stereocenters. The van der Waals surface area contributed by atoms with Crippen LogP contribution in [0, 0.1) is 11.8 Å². The van der Waals surface area contributed by atoms with E-state index in [2.05, 4.69) is 33.9 Å². The molecule has 3 nitrogen and oxygen atoms in total. The number of piperazine rings is 1. The van der Waals surface area contributed by atoms with Gasteiger partial charge in [0.05, 0.1) is 6.54 Å². The number of piperidine rings is 1. The molecule has 2 fully saturated rings. The Bertz CT molecular complexity index is 286. The van der Waals surface area contributed by atoms with Gasteiger partial charge in [0, 0.05) is 38.6 Å². The van der Waals surface area contributed by atoms with Crippen molar-refractivity contribution in [3.8, 4) is 11.8 Å². The maximum absolute atomic E-state index is 3.41. The van der Waals surface area contributed by atoms with Crippen LogP contribution in [0.3, 0.4) is 0 Å². The van der Waals surface area contributed by atoms with Crippen molar-refractivity contribution in [1.29, 1.82) is 0 Å². The molecule has 0 aromatic heterocycles. The highest BCUT2D eigenvalue weighted by atomic mass is 15.2. The van der Waals surface area contributed by atoms with Gasteiger partial charge in [-0.2, -0.15) is 0 Å². The molecule has 0 spiro atoms. The van der Waals surface area contributed by atoms with E-state index in [0.29, 0.717) is 0 Å². The standard InChI is InChI=1S/C15H27N3/c1-2-18-12-6-4-8-15(18)7-3-5-11-17-13-9-16-10-14-17/h15-16H,2,4,6-14H2,1H3. The first-order valence-electron chi connectivity index (χ1n) is 7.53. The van der Waals surface area contributed by atoms with E-state index < -0.39 is 0 Å². The monoisotopic (exact) mass is 249 g/mol. The zero-order valence-corrected chi connectivity index (χ0v) is 11.7. The summed E-state index contributed by atoms with van der Waals surface area (Å²) < 4.78 is 0. The molecule has 2 rings (SSSR count). The molecular weight excluding hydrogens is 222 g/mol. The Hall–Kier alpha value is -0.560. The third-order valence-electron chi connectivity index (χ3n) is 4.13. The number of nitrogens with zero attached hydrogens (tertiary/aromatic N) is 2. The van der Waals surface area contributed by atoms with Gasteiger partial charge in [-0.3, -0.25) is 9.80 Å². The van der Waals surface area contributed by atoms with E-state index in [9.17, 15) is 0 Å². The van der Waals surface area contributed by atoms with Crippen LogP contribution >= 0.6 is 0 Å². The number of hydrogen-bond acceptors (Lipinski definition) is 3. The largest absolute Gasteiger partial charge is 0.314 e. The Morgan fingerprint density at radius 3 is 2.72 bits per heavy atom. The highest BCUT2D eigenvalue weighted by Crippen LogP contribution is 2.18. The summed E-state index contributed by atoms with van der Waals surface area (Å²) in [5, 5.41) is 3.37. The van der Waals surface area contributed by atoms with E-state index >= 15 is 0 Å². The average molecular weight is 249 g/mol. The number of likely N-dealkylation sites (tertiary alicyclic amines) is 1. The van der Waals surface area contributed by atoms with Gasteiger partial charge in [-0.05, 0) is 25.9 Å². The average Bonchev–Trinajstić information content (AvgIpc) is 2.45. The summed E-state index contributed by atoms with van der Waals surface area (Å²) in [7, 11) is 0. The van der Waals surface area contributed by atoms with Gasteiger partial charge in [0.2, 0.25) is 0 Å². The molecule has 0 aliphatic carbocycles. The van der Waals surface area contributed by atoms with Gasteiger partial charge in [0.15, 0.2) is 0 Å². The van der Waals surface area contributed by atoms with E-state index in [1.807, 2.05) is 0 Å². The maximum atomic E-state index is 3.41. The molecule has 0 radical (unpaired) electrons.